The highest BCUT2D eigenvalue weighted by atomic mass is 16.6. The third-order valence-corrected chi connectivity index (χ3v) is 4.43. The molecular weight excluding hydrogens is 422 g/mol. The topological polar surface area (TPSA) is 114 Å². The minimum absolute atomic E-state index is 0.0792. The largest absolute Gasteiger partial charge is 0.444 e. The van der Waals surface area contributed by atoms with E-state index in [0.717, 1.165) is 5.56 Å². The lowest BCUT2D eigenvalue weighted by molar-refractivity contribution is -0.117. The lowest BCUT2D eigenvalue weighted by Gasteiger charge is -2.19. The van der Waals surface area contributed by atoms with Crippen molar-refractivity contribution in [1.82, 2.24) is 5.32 Å². The van der Waals surface area contributed by atoms with Crippen molar-refractivity contribution in [1.29, 1.82) is 0 Å². The van der Waals surface area contributed by atoms with Crippen molar-refractivity contribution >= 4 is 35.1 Å². The molecule has 2 rings (SSSR count). The number of ketones is 1. The fourth-order valence-corrected chi connectivity index (χ4v) is 2.79. The molecule has 0 aliphatic carbocycles. The SMILES string of the molecule is Cc1ccc(C(=O)CCC(=O)Nc2ccc(NC(=O)CCNC(=O)OC(C)(C)C)cc2)cc1. The van der Waals surface area contributed by atoms with Crippen LogP contribution in [0.4, 0.5) is 16.2 Å². The summed E-state index contributed by atoms with van der Waals surface area (Å²) in [5.41, 5.74) is 2.19. The number of hydrogen-bond donors (Lipinski definition) is 3. The number of aryl methyl sites for hydroxylation is 1. The summed E-state index contributed by atoms with van der Waals surface area (Å²) in [6, 6.07) is 13.9. The van der Waals surface area contributed by atoms with Crippen LogP contribution in [0.15, 0.2) is 48.5 Å². The van der Waals surface area contributed by atoms with Crippen molar-refractivity contribution in [3.05, 3.63) is 59.7 Å². The van der Waals surface area contributed by atoms with Gasteiger partial charge in [-0.15, -0.1) is 0 Å². The molecule has 0 aliphatic heterocycles. The van der Waals surface area contributed by atoms with Crippen LogP contribution in [-0.4, -0.2) is 35.8 Å². The van der Waals surface area contributed by atoms with E-state index in [1.807, 2.05) is 19.1 Å². The fourth-order valence-electron chi connectivity index (χ4n) is 2.79. The summed E-state index contributed by atoms with van der Waals surface area (Å²) in [7, 11) is 0. The first-order chi connectivity index (χ1) is 15.5. The molecule has 2 aromatic rings. The van der Waals surface area contributed by atoms with Gasteiger partial charge >= 0.3 is 6.09 Å². The lowest BCUT2D eigenvalue weighted by Crippen LogP contribution is -2.34. The van der Waals surface area contributed by atoms with Gasteiger partial charge in [-0.1, -0.05) is 29.8 Å². The molecule has 8 heteroatoms. The predicted molar refractivity (Wildman–Crippen MR) is 127 cm³/mol. The summed E-state index contributed by atoms with van der Waals surface area (Å²) in [5, 5.41) is 7.98. The molecule has 0 saturated carbocycles. The summed E-state index contributed by atoms with van der Waals surface area (Å²) < 4.78 is 5.10. The molecule has 2 aromatic carbocycles. The molecule has 0 unspecified atom stereocenters. The predicted octanol–water partition coefficient (Wildman–Crippen LogP) is 4.45. The minimum atomic E-state index is -0.597. The van der Waals surface area contributed by atoms with Crippen LogP contribution >= 0.6 is 0 Å². The molecule has 8 nitrogen and oxygen atoms in total. The van der Waals surface area contributed by atoms with Crippen molar-refractivity contribution in [2.45, 2.75) is 52.6 Å². The molecule has 3 amide bonds. The van der Waals surface area contributed by atoms with Gasteiger partial charge in [-0.3, -0.25) is 14.4 Å². The van der Waals surface area contributed by atoms with E-state index in [9.17, 15) is 19.2 Å². The van der Waals surface area contributed by atoms with Crippen LogP contribution in [0.5, 0.6) is 0 Å². The first-order valence-electron chi connectivity index (χ1n) is 10.8. The monoisotopic (exact) mass is 453 g/mol. The van der Waals surface area contributed by atoms with Gasteiger partial charge in [-0.2, -0.15) is 0 Å². The maximum absolute atomic E-state index is 12.2. The molecule has 33 heavy (non-hydrogen) atoms. The van der Waals surface area contributed by atoms with Crippen molar-refractivity contribution in [2.75, 3.05) is 17.2 Å². The molecule has 0 bridgehead atoms. The highest BCUT2D eigenvalue weighted by Gasteiger charge is 2.16. The zero-order chi connectivity index (χ0) is 24.4. The van der Waals surface area contributed by atoms with E-state index in [1.165, 1.54) is 0 Å². The first kappa shape index (κ1) is 25.6. The second-order valence-electron chi connectivity index (χ2n) is 8.64. The maximum Gasteiger partial charge on any atom is 0.407 e. The van der Waals surface area contributed by atoms with Crippen LogP contribution in [-0.2, 0) is 14.3 Å². The van der Waals surface area contributed by atoms with Crippen molar-refractivity contribution < 1.29 is 23.9 Å². The number of benzene rings is 2. The van der Waals surface area contributed by atoms with Gasteiger partial charge < -0.3 is 20.7 Å². The number of nitrogens with one attached hydrogen (secondary N) is 3. The Morgan fingerprint density at radius 3 is 1.79 bits per heavy atom. The highest BCUT2D eigenvalue weighted by Crippen LogP contribution is 2.15. The van der Waals surface area contributed by atoms with E-state index in [2.05, 4.69) is 16.0 Å². The Morgan fingerprint density at radius 1 is 0.758 bits per heavy atom. The fraction of sp³-hybridized carbons (Fsp3) is 0.360. The summed E-state index contributed by atoms with van der Waals surface area (Å²) in [4.78, 5) is 47.9. The average Bonchev–Trinajstić information content (AvgIpc) is 2.72. The zero-order valence-electron chi connectivity index (χ0n) is 19.5. The molecule has 176 valence electrons. The van der Waals surface area contributed by atoms with Gasteiger partial charge in [0.25, 0.3) is 0 Å². The number of hydrogen-bond acceptors (Lipinski definition) is 5. The summed E-state index contributed by atoms with van der Waals surface area (Å²) >= 11 is 0. The number of alkyl carbamates (subject to hydrolysis) is 1. The quantitative estimate of drug-likeness (QED) is 0.486. The number of amides is 3. The van der Waals surface area contributed by atoms with E-state index in [4.69, 9.17) is 4.74 Å². The van der Waals surface area contributed by atoms with Crippen LogP contribution in [0, 0.1) is 6.92 Å². The number of ether oxygens (including phenoxy) is 1. The van der Waals surface area contributed by atoms with Gasteiger partial charge in [0.1, 0.15) is 5.60 Å². The number of anilines is 2. The van der Waals surface area contributed by atoms with E-state index in [-0.39, 0.29) is 43.4 Å². The number of carbonyl (C=O) groups is 4. The van der Waals surface area contributed by atoms with E-state index in [0.29, 0.717) is 16.9 Å². The maximum atomic E-state index is 12.2. The second kappa shape index (κ2) is 11.8. The van der Waals surface area contributed by atoms with E-state index < -0.39 is 11.7 Å². The molecule has 0 heterocycles. The Labute approximate surface area is 194 Å². The van der Waals surface area contributed by atoms with Gasteiger partial charge in [0.15, 0.2) is 5.78 Å². The molecule has 0 fully saturated rings. The number of rotatable bonds is 9. The summed E-state index contributed by atoms with van der Waals surface area (Å²) in [6.45, 7) is 7.38. The highest BCUT2D eigenvalue weighted by molar-refractivity contribution is 6.00. The standard InChI is InChI=1S/C25H31N3O5/c1-17-5-7-18(8-6-17)21(29)13-14-22(30)27-19-9-11-20(12-10-19)28-23(31)15-16-26-24(32)33-25(2,3)4/h5-12H,13-16H2,1-4H3,(H,26,32)(H,27,30)(H,28,31). The average molecular weight is 454 g/mol. The van der Waals surface area contributed by atoms with Gasteiger partial charge in [-0.05, 0) is 52.0 Å². The molecule has 0 aromatic heterocycles. The van der Waals surface area contributed by atoms with Crippen molar-refractivity contribution in [2.24, 2.45) is 0 Å². The molecule has 0 aliphatic rings. The Hall–Kier alpha value is -3.68. The van der Waals surface area contributed by atoms with Crippen LogP contribution in [0.3, 0.4) is 0 Å². The number of carbonyl (C=O) groups excluding carboxylic acids is 4. The molecule has 0 saturated heterocycles. The van der Waals surface area contributed by atoms with E-state index in [1.54, 1.807) is 57.2 Å². The van der Waals surface area contributed by atoms with Gasteiger partial charge in [-0.25, -0.2) is 4.79 Å². The third kappa shape index (κ3) is 9.99. The molecule has 0 radical (unpaired) electrons. The van der Waals surface area contributed by atoms with Crippen LogP contribution < -0.4 is 16.0 Å². The van der Waals surface area contributed by atoms with Crippen molar-refractivity contribution in [3.63, 3.8) is 0 Å². The molecule has 3 N–H and O–H groups in total. The Balaban J connectivity index is 1.71. The minimum Gasteiger partial charge on any atom is -0.444 e. The Morgan fingerprint density at radius 2 is 1.27 bits per heavy atom. The Kier molecular flexibility index (Phi) is 9.15. The van der Waals surface area contributed by atoms with Crippen LogP contribution in [0.2, 0.25) is 0 Å². The second-order valence-corrected chi connectivity index (χ2v) is 8.64. The van der Waals surface area contributed by atoms with Crippen LogP contribution in [0.1, 0.15) is 56.0 Å². The zero-order valence-corrected chi connectivity index (χ0v) is 19.5. The van der Waals surface area contributed by atoms with Gasteiger partial charge in [0, 0.05) is 42.7 Å². The Bertz CT molecular complexity index is 977. The third-order valence-electron chi connectivity index (χ3n) is 4.43. The first-order valence-corrected chi connectivity index (χ1v) is 10.8. The summed E-state index contributed by atoms with van der Waals surface area (Å²) in [5.74, 6) is -0.609. The van der Waals surface area contributed by atoms with E-state index >= 15 is 0 Å². The summed E-state index contributed by atoms with van der Waals surface area (Å²) in [6.07, 6.45) is -0.279. The van der Waals surface area contributed by atoms with Gasteiger partial charge in [0.2, 0.25) is 11.8 Å². The van der Waals surface area contributed by atoms with Crippen molar-refractivity contribution in [3.8, 4) is 0 Å². The lowest BCUT2D eigenvalue weighted by atomic mass is 10.0. The molecule has 0 spiro atoms. The normalized spacial score (nSPS) is 10.8. The number of Topliss-reactive ketones (excluding diaryl/α,β-unsaturated/α-hetero) is 1. The van der Waals surface area contributed by atoms with Gasteiger partial charge in [0.05, 0.1) is 0 Å². The smallest absolute Gasteiger partial charge is 0.407 e. The molecule has 0 atom stereocenters. The molecular formula is C25H31N3O5. The van der Waals surface area contributed by atoms with Crippen LogP contribution in [0.25, 0.3) is 0 Å².